The first-order chi connectivity index (χ1) is 32.2. The summed E-state index contributed by atoms with van der Waals surface area (Å²) in [5, 5.41) is 0. The molecule has 5 heteroatoms. The number of fused-ring (bicyclic) bond motifs is 5. The van der Waals surface area contributed by atoms with Gasteiger partial charge in [0.2, 0.25) is 0 Å². The topological polar surface area (TPSA) is 40.2 Å². The molecule has 0 bridgehead atoms. The van der Waals surface area contributed by atoms with Gasteiger partial charge in [-0.3, -0.25) is 0 Å². The fraction of sp³-hybridized carbons (Fsp3) is 0.902. The van der Waals surface area contributed by atoms with E-state index in [9.17, 15) is 0 Å². The molecule has 1 aliphatic heterocycles. The van der Waals surface area contributed by atoms with Crippen LogP contribution in [-0.2, 0) is 18.9 Å². The van der Waals surface area contributed by atoms with Crippen LogP contribution in [0.2, 0.25) is 0 Å². The molecule has 5 aliphatic rings. The molecule has 66 heavy (non-hydrogen) atoms. The van der Waals surface area contributed by atoms with Gasteiger partial charge in [0.05, 0.1) is 18.8 Å². The molecule has 0 amide bonds. The van der Waals surface area contributed by atoms with E-state index >= 15 is 0 Å². The average molecular weight is 921 g/mol. The molecule has 1 unspecified atom stereocenters. The second-order valence-corrected chi connectivity index (χ2v) is 23.6. The number of hydrogen-bond acceptors (Lipinski definition) is 5. The van der Waals surface area contributed by atoms with Crippen LogP contribution in [0.15, 0.2) is 36.0 Å². The van der Waals surface area contributed by atoms with Gasteiger partial charge in [0.1, 0.15) is 0 Å². The molecule has 382 valence electrons. The second kappa shape index (κ2) is 32.1. The Balaban J connectivity index is 0.868. The lowest BCUT2D eigenvalue weighted by atomic mass is 9.47. The number of allylic oxidation sites excluding steroid dienone is 5. The molecule has 1 heterocycles. The Kier molecular flexibility index (Phi) is 27.2. The van der Waals surface area contributed by atoms with Crippen LogP contribution >= 0.6 is 0 Å². The zero-order chi connectivity index (χ0) is 46.7. The number of nitrogens with zero attached hydrogens (tertiary/aromatic N) is 1. The van der Waals surface area contributed by atoms with Gasteiger partial charge in [0.15, 0.2) is 0 Å². The number of unbranched alkanes of at least 4 members (excludes halogenated alkanes) is 11. The molecular weight excluding hydrogens is 811 g/mol. The van der Waals surface area contributed by atoms with E-state index in [0.717, 1.165) is 107 Å². The van der Waals surface area contributed by atoms with Crippen molar-refractivity contribution < 1.29 is 18.9 Å². The summed E-state index contributed by atoms with van der Waals surface area (Å²) in [6.07, 6.45) is 52.1. The Labute approximate surface area is 410 Å². The van der Waals surface area contributed by atoms with Crippen molar-refractivity contribution in [3.63, 3.8) is 0 Å². The van der Waals surface area contributed by atoms with Gasteiger partial charge in [-0.2, -0.15) is 0 Å². The van der Waals surface area contributed by atoms with Gasteiger partial charge in [-0.15, -0.1) is 0 Å². The Hall–Kier alpha value is -0.980. The molecular formula is C61H109NO4. The molecule has 0 aromatic rings. The van der Waals surface area contributed by atoms with E-state index in [1.54, 1.807) is 5.57 Å². The lowest BCUT2D eigenvalue weighted by molar-refractivity contribution is -0.0651. The average Bonchev–Trinajstić information content (AvgIpc) is 3.67. The summed E-state index contributed by atoms with van der Waals surface area (Å²) in [4.78, 5) is 2.60. The molecule has 4 fully saturated rings. The lowest BCUT2D eigenvalue weighted by Crippen LogP contribution is -2.51. The number of ether oxygens (including phenoxy) is 4. The van der Waals surface area contributed by atoms with E-state index < -0.39 is 0 Å². The van der Waals surface area contributed by atoms with Gasteiger partial charge in [-0.1, -0.05) is 155 Å². The molecule has 3 saturated carbocycles. The van der Waals surface area contributed by atoms with Crippen molar-refractivity contribution in [2.75, 3.05) is 59.3 Å². The highest BCUT2D eigenvalue weighted by molar-refractivity contribution is 5.25. The van der Waals surface area contributed by atoms with E-state index in [-0.39, 0.29) is 6.10 Å². The van der Waals surface area contributed by atoms with Crippen molar-refractivity contribution in [2.45, 2.75) is 246 Å². The predicted octanol–water partition coefficient (Wildman–Crippen LogP) is 16.7. The standard InChI is InChI=1S/C61H109NO4/c1-7-8-9-10-11-12-13-14-15-16-17-18-19-20-21-22-23-27-43-64-50-55(49-62-41-25-24-26-42-62)66-47-30-45-63-44-29-46-65-54-37-39-60(5)53(48-54)33-34-56-58-36-35-57(52(4)32-28-31-51(2)3)61(58,6)40-38-59(56)60/h11-12,14-15,33,51-52,54-59H,7-10,13,16-32,34-50H2,1-6H3/b12-11-,15-14-/t52-,54+,55?,56+,57-,58+,59+,60+,61-/m1/s1. The molecule has 0 aromatic heterocycles. The normalized spacial score (nSPS) is 29.1. The van der Waals surface area contributed by atoms with Gasteiger partial charge in [-0.25, -0.2) is 0 Å². The number of likely N-dealkylation sites (tertiary alicyclic amines) is 1. The molecule has 0 N–H and O–H groups in total. The molecule has 0 spiro atoms. The van der Waals surface area contributed by atoms with Gasteiger partial charge in [0, 0.05) is 39.6 Å². The SMILES string of the molecule is CCCCC/C=C\C/C=C\CCCCCCCCCCOCC(CN1CCCCC1)OCCCOCCCO[C@H]1CC[C@@]2(C)C(=CC[C@H]3[C@@H]4CC[C@H]([C@H](C)CCCC(C)C)[C@@]4(C)CC[C@@H]32)C1. The smallest absolute Gasteiger partial charge is 0.0934 e. The number of hydrogen-bond donors (Lipinski definition) is 0. The minimum absolute atomic E-state index is 0.160. The molecule has 9 atom stereocenters. The van der Waals surface area contributed by atoms with E-state index in [1.165, 1.54) is 180 Å². The number of rotatable bonds is 36. The highest BCUT2D eigenvalue weighted by Crippen LogP contribution is 2.67. The molecule has 0 radical (unpaired) electrons. The minimum Gasteiger partial charge on any atom is -0.381 e. The Morgan fingerprint density at radius 3 is 2.11 bits per heavy atom. The Bertz CT molecular complexity index is 1340. The van der Waals surface area contributed by atoms with E-state index in [1.807, 2.05) is 0 Å². The third-order valence-electron chi connectivity index (χ3n) is 18.0. The molecule has 0 aromatic carbocycles. The van der Waals surface area contributed by atoms with Gasteiger partial charge in [0.25, 0.3) is 0 Å². The van der Waals surface area contributed by atoms with Crippen molar-refractivity contribution >= 4 is 0 Å². The van der Waals surface area contributed by atoms with E-state index in [2.05, 4.69) is 76.8 Å². The van der Waals surface area contributed by atoms with Crippen LogP contribution < -0.4 is 0 Å². The summed E-state index contributed by atoms with van der Waals surface area (Å²) >= 11 is 0. The summed E-state index contributed by atoms with van der Waals surface area (Å²) in [6.45, 7) is 23.2. The van der Waals surface area contributed by atoms with E-state index in [0.29, 0.717) is 16.9 Å². The maximum absolute atomic E-state index is 6.57. The summed E-state index contributed by atoms with van der Waals surface area (Å²) in [6, 6.07) is 0. The molecule has 5 nitrogen and oxygen atoms in total. The van der Waals surface area contributed by atoms with Crippen LogP contribution in [0.5, 0.6) is 0 Å². The predicted molar refractivity (Wildman–Crippen MR) is 282 cm³/mol. The first kappa shape index (κ1) is 55.9. The molecule has 1 saturated heterocycles. The van der Waals surface area contributed by atoms with Crippen LogP contribution in [0.4, 0.5) is 0 Å². The zero-order valence-electron chi connectivity index (χ0n) is 44.7. The lowest BCUT2D eigenvalue weighted by Gasteiger charge is -2.58. The fourth-order valence-electron chi connectivity index (χ4n) is 14.1. The maximum atomic E-state index is 6.57. The summed E-state index contributed by atoms with van der Waals surface area (Å²) in [5.41, 5.74) is 2.73. The third kappa shape index (κ3) is 19.0. The van der Waals surface area contributed by atoms with Crippen LogP contribution in [0.1, 0.15) is 234 Å². The van der Waals surface area contributed by atoms with Crippen molar-refractivity contribution in [3.05, 3.63) is 36.0 Å². The second-order valence-electron chi connectivity index (χ2n) is 23.6. The largest absolute Gasteiger partial charge is 0.381 e. The van der Waals surface area contributed by atoms with Crippen LogP contribution in [0.25, 0.3) is 0 Å². The van der Waals surface area contributed by atoms with Crippen molar-refractivity contribution in [1.29, 1.82) is 0 Å². The first-order valence-corrected chi connectivity index (χ1v) is 29.3. The number of piperidine rings is 1. The van der Waals surface area contributed by atoms with Crippen molar-refractivity contribution in [2.24, 2.45) is 46.3 Å². The van der Waals surface area contributed by atoms with Gasteiger partial charge in [-0.05, 0) is 175 Å². The summed E-state index contributed by atoms with van der Waals surface area (Å²) in [7, 11) is 0. The van der Waals surface area contributed by atoms with Crippen LogP contribution in [-0.4, -0.2) is 76.4 Å². The molecule has 4 aliphatic carbocycles. The summed E-state index contributed by atoms with van der Waals surface area (Å²) in [5.74, 6) is 5.41. The van der Waals surface area contributed by atoms with Gasteiger partial charge < -0.3 is 23.8 Å². The van der Waals surface area contributed by atoms with Crippen molar-refractivity contribution in [3.8, 4) is 0 Å². The highest BCUT2D eigenvalue weighted by Gasteiger charge is 2.59. The molecule has 5 rings (SSSR count). The van der Waals surface area contributed by atoms with Gasteiger partial charge >= 0.3 is 0 Å². The first-order valence-electron chi connectivity index (χ1n) is 29.3. The van der Waals surface area contributed by atoms with Crippen molar-refractivity contribution in [1.82, 2.24) is 4.90 Å². The van der Waals surface area contributed by atoms with Crippen LogP contribution in [0.3, 0.4) is 0 Å². The summed E-state index contributed by atoms with van der Waals surface area (Å²) < 4.78 is 25.3. The maximum Gasteiger partial charge on any atom is 0.0934 e. The minimum atomic E-state index is 0.160. The third-order valence-corrected chi connectivity index (χ3v) is 18.0. The van der Waals surface area contributed by atoms with Crippen LogP contribution in [0, 0.1) is 46.3 Å². The Morgan fingerprint density at radius 1 is 0.667 bits per heavy atom. The van der Waals surface area contributed by atoms with E-state index in [4.69, 9.17) is 18.9 Å². The Morgan fingerprint density at radius 2 is 1.36 bits per heavy atom. The monoisotopic (exact) mass is 920 g/mol. The zero-order valence-corrected chi connectivity index (χ0v) is 44.7. The quantitative estimate of drug-likeness (QED) is 0.0463. The highest BCUT2D eigenvalue weighted by atomic mass is 16.5. The fourth-order valence-corrected chi connectivity index (χ4v) is 14.1.